The Kier molecular flexibility index (Phi) is 6.50. The molecule has 0 atom stereocenters. The third kappa shape index (κ3) is 5.49. The van der Waals surface area contributed by atoms with Crippen LogP contribution in [-0.4, -0.2) is 34.8 Å². The van der Waals surface area contributed by atoms with Crippen LogP contribution in [0.3, 0.4) is 0 Å². The van der Waals surface area contributed by atoms with Crippen molar-refractivity contribution in [2.24, 2.45) is 5.92 Å². The lowest BCUT2D eigenvalue weighted by Gasteiger charge is -2.31. The average Bonchev–Trinajstić information content (AvgIpc) is 3.61. The molecule has 156 valence electrons. The van der Waals surface area contributed by atoms with E-state index in [1.54, 1.807) is 6.92 Å². The van der Waals surface area contributed by atoms with E-state index in [1.807, 2.05) is 17.0 Å². The van der Waals surface area contributed by atoms with Crippen molar-refractivity contribution in [3.8, 4) is 6.07 Å². The lowest BCUT2D eigenvalue weighted by molar-refractivity contribution is -0.130. The number of hydrogen-bond acceptors (Lipinski definition) is 3. The highest BCUT2D eigenvalue weighted by molar-refractivity contribution is 5.73. The Labute approximate surface area is 180 Å². The number of amides is 1. The predicted molar refractivity (Wildman–Crippen MR) is 119 cm³/mol. The molecule has 1 aliphatic heterocycles. The maximum Gasteiger partial charge on any atom is 0.219 e. The Morgan fingerprint density at radius 1 is 0.933 bits per heavy atom. The van der Waals surface area contributed by atoms with Crippen molar-refractivity contribution in [3.05, 3.63) is 70.8 Å². The van der Waals surface area contributed by atoms with Gasteiger partial charge < -0.3 is 4.90 Å². The second kappa shape index (κ2) is 9.45. The van der Waals surface area contributed by atoms with Crippen LogP contribution in [0, 0.1) is 17.2 Å². The summed E-state index contributed by atoms with van der Waals surface area (Å²) in [6.45, 7) is 5.40. The molecule has 0 spiro atoms. The molecule has 2 aromatic rings. The Bertz CT molecular complexity index is 885. The number of rotatable bonds is 7. The third-order valence-electron chi connectivity index (χ3n) is 6.52. The molecule has 4 heteroatoms. The molecule has 4 rings (SSSR count). The summed E-state index contributed by atoms with van der Waals surface area (Å²) >= 11 is 0. The molecular formula is C26H31N3O. The van der Waals surface area contributed by atoms with Crippen molar-refractivity contribution in [2.45, 2.75) is 58.2 Å². The molecule has 0 radical (unpaired) electrons. The van der Waals surface area contributed by atoms with Crippen LogP contribution in [0.25, 0.3) is 0 Å². The van der Waals surface area contributed by atoms with Gasteiger partial charge in [-0.2, -0.15) is 5.26 Å². The number of nitrogens with zero attached hydrogens (tertiary/aromatic N) is 3. The minimum Gasteiger partial charge on any atom is -0.343 e. The van der Waals surface area contributed by atoms with Crippen LogP contribution in [0.4, 0.5) is 0 Å². The van der Waals surface area contributed by atoms with Gasteiger partial charge in [0.2, 0.25) is 5.91 Å². The molecular weight excluding hydrogens is 370 g/mol. The summed E-state index contributed by atoms with van der Waals surface area (Å²) < 4.78 is 0. The van der Waals surface area contributed by atoms with Gasteiger partial charge in [0.15, 0.2) is 0 Å². The molecule has 2 fully saturated rings. The smallest absolute Gasteiger partial charge is 0.219 e. The van der Waals surface area contributed by atoms with Crippen LogP contribution in [0.15, 0.2) is 48.5 Å². The topological polar surface area (TPSA) is 47.3 Å². The zero-order valence-corrected chi connectivity index (χ0v) is 17.9. The predicted octanol–water partition coefficient (Wildman–Crippen LogP) is 4.52. The van der Waals surface area contributed by atoms with E-state index in [4.69, 9.17) is 5.26 Å². The maximum absolute atomic E-state index is 11.5. The zero-order valence-electron chi connectivity index (χ0n) is 17.9. The molecule has 4 nitrogen and oxygen atoms in total. The number of hydrogen-bond donors (Lipinski definition) is 0. The molecule has 1 heterocycles. The lowest BCUT2D eigenvalue weighted by Crippen LogP contribution is -2.37. The van der Waals surface area contributed by atoms with E-state index in [9.17, 15) is 4.79 Å². The minimum absolute atomic E-state index is 0.207. The molecule has 2 aliphatic rings. The first-order valence-corrected chi connectivity index (χ1v) is 11.2. The number of likely N-dealkylation sites (tertiary alicyclic amines) is 1. The highest BCUT2D eigenvalue weighted by Crippen LogP contribution is 2.30. The first-order chi connectivity index (χ1) is 14.6. The lowest BCUT2D eigenvalue weighted by atomic mass is 9.90. The quantitative estimate of drug-likeness (QED) is 0.685. The first-order valence-electron chi connectivity index (χ1n) is 11.2. The number of carbonyl (C=O) groups excluding carboxylic acids is 1. The van der Waals surface area contributed by atoms with E-state index in [-0.39, 0.29) is 5.91 Å². The molecule has 1 saturated carbocycles. The van der Waals surface area contributed by atoms with Crippen LogP contribution in [0.2, 0.25) is 0 Å². The van der Waals surface area contributed by atoms with Gasteiger partial charge in [-0.25, -0.2) is 0 Å². The molecule has 30 heavy (non-hydrogen) atoms. The fourth-order valence-electron chi connectivity index (χ4n) is 4.47. The summed E-state index contributed by atoms with van der Waals surface area (Å²) in [5.41, 5.74) is 4.77. The fraction of sp³-hybridized carbons (Fsp3) is 0.462. The van der Waals surface area contributed by atoms with Gasteiger partial charge in [-0.05, 0) is 66.8 Å². The van der Waals surface area contributed by atoms with Crippen molar-refractivity contribution >= 4 is 5.91 Å². The molecule has 2 aromatic carbocycles. The van der Waals surface area contributed by atoms with Crippen molar-refractivity contribution in [2.75, 3.05) is 13.1 Å². The molecule has 0 unspecified atom stereocenters. The number of benzene rings is 2. The normalized spacial score (nSPS) is 17.2. The van der Waals surface area contributed by atoms with Crippen LogP contribution in [0.5, 0.6) is 0 Å². The van der Waals surface area contributed by atoms with Crippen LogP contribution < -0.4 is 0 Å². The SMILES string of the molecule is CC(=O)N1CCC(Cc2ccc(CN(Cc3ccc(C#N)cc3)C3CC3)cc2)CC1. The first kappa shape index (κ1) is 20.6. The Morgan fingerprint density at radius 2 is 1.47 bits per heavy atom. The fourth-order valence-corrected chi connectivity index (χ4v) is 4.47. The Hall–Kier alpha value is -2.64. The van der Waals surface area contributed by atoms with E-state index in [0.29, 0.717) is 12.0 Å². The van der Waals surface area contributed by atoms with E-state index < -0.39 is 0 Å². The number of carbonyl (C=O) groups is 1. The number of piperidine rings is 1. The van der Waals surface area contributed by atoms with E-state index >= 15 is 0 Å². The van der Waals surface area contributed by atoms with Gasteiger partial charge in [0.25, 0.3) is 0 Å². The van der Waals surface area contributed by atoms with Gasteiger partial charge in [-0.15, -0.1) is 0 Å². The molecule has 1 saturated heterocycles. The second-order valence-corrected chi connectivity index (χ2v) is 8.91. The summed E-state index contributed by atoms with van der Waals surface area (Å²) in [6, 6.07) is 20.0. The summed E-state index contributed by atoms with van der Waals surface area (Å²) in [7, 11) is 0. The van der Waals surface area contributed by atoms with Crippen LogP contribution >= 0.6 is 0 Å². The zero-order chi connectivity index (χ0) is 20.9. The van der Waals surface area contributed by atoms with Crippen LogP contribution in [0.1, 0.15) is 54.9 Å². The van der Waals surface area contributed by atoms with Gasteiger partial charge in [0.1, 0.15) is 0 Å². The highest BCUT2D eigenvalue weighted by atomic mass is 16.2. The van der Waals surface area contributed by atoms with Crippen LogP contribution in [-0.2, 0) is 24.3 Å². The van der Waals surface area contributed by atoms with Crippen molar-refractivity contribution < 1.29 is 4.79 Å². The van der Waals surface area contributed by atoms with Gasteiger partial charge in [0.05, 0.1) is 11.6 Å². The largest absolute Gasteiger partial charge is 0.343 e. The highest BCUT2D eigenvalue weighted by Gasteiger charge is 2.29. The summed E-state index contributed by atoms with van der Waals surface area (Å²) in [5, 5.41) is 8.99. The van der Waals surface area contributed by atoms with Gasteiger partial charge in [0, 0.05) is 39.1 Å². The average molecular weight is 402 g/mol. The molecule has 1 amide bonds. The Morgan fingerprint density at radius 3 is 1.97 bits per heavy atom. The molecule has 1 aliphatic carbocycles. The second-order valence-electron chi connectivity index (χ2n) is 8.91. The summed E-state index contributed by atoms with van der Waals surface area (Å²) in [5.74, 6) is 0.893. The van der Waals surface area contributed by atoms with E-state index in [1.165, 1.54) is 29.5 Å². The monoisotopic (exact) mass is 401 g/mol. The number of nitriles is 1. The van der Waals surface area contributed by atoms with Gasteiger partial charge in [-0.1, -0.05) is 36.4 Å². The maximum atomic E-state index is 11.5. The summed E-state index contributed by atoms with van der Waals surface area (Å²) in [4.78, 5) is 16.0. The van der Waals surface area contributed by atoms with Gasteiger partial charge >= 0.3 is 0 Å². The van der Waals surface area contributed by atoms with Crippen molar-refractivity contribution in [1.29, 1.82) is 5.26 Å². The summed E-state index contributed by atoms with van der Waals surface area (Å²) in [6.07, 6.45) is 5.91. The third-order valence-corrected chi connectivity index (χ3v) is 6.52. The van der Waals surface area contributed by atoms with Crippen molar-refractivity contribution in [1.82, 2.24) is 9.80 Å². The Balaban J connectivity index is 1.31. The molecule has 0 N–H and O–H groups in total. The molecule has 0 bridgehead atoms. The van der Waals surface area contributed by atoms with Crippen molar-refractivity contribution in [3.63, 3.8) is 0 Å². The standard InChI is InChI=1S/C26H31N3O/c1-20(30)28-14-12-22(13-15-28)16-21-2-6-24(7-3-21)18-29(26-10-11-26)19-25-8-4-23(17-27)5-9-25/h2-9,22,26H,10-16,18-19H2,1H3. The van der Waals surface area contributed by atoms with E-state index in [0.717, 1.165) is 51.0 Å². The minimum atomic E-state index is 0.207. The van der Waals surface area contributed by atoms with E-state index in [2.05, 4.69) is 47.4 Å². The molecule has 0 aromatic heterocycles. The van der Waals surface area contributed by atoms with Gasteiger partial charge in [-0.3, -0.25) is 9.69 Å².